The van der Waals surface area contributed by atoms with E-state index in [9.17, 15) is 14.4 Å². The first kappa shape index (κ1) is 67.6. The van der Waals surface area contributed by atoms with Gasteiger partial charge in [0.2, 0.25) is 0 Å². The summed E-state index contributed by atoms with van der Waals surface area (Å²) >= 11 is 0. The molecular formula is C64H118O6. The third-order valence-corrected chi connectivity index (χ3v) is 13.9. The van der Waals surface area contributed by atoms with Crippen molar-refractivity contribution in [3.63, 3.8) is 0 Å². The van der Waals surface area contributed by atoms with E-state index in [1.807, 2.05) is 0 Å². The molecule has 6 heteroatoms. The second kappa shape index (κ2) is 59.2. The molecule has 1 atom stereocenters. The van der Waals surface area contributed by atoms with Gasteiger partial charge < -0.3 is 14.2 Å². The lowest BCUT2D eigenvalue weighted by Gasteiger charge is -2.18. The minimum atomic E-state index is -0.763. The molecule has 0 radical (unpaired) electrons. The molecule has 0 aromatic rings. The largest absolute Gasteiger partial charge is 0.462 e. The molecule has 0 aliphatic carbocycles. The van der Waals surface area contributed by atoms with Gasteiger partial charge in [-0.25, -0.2) is 0 Å². The van der Waals surface area contributed by atoms with Gasteiger partial charge in [-0.2, -0.15) is 0 Å². The lowest BCUT2D eigenvalue weighted by molar-refractivity contribution is -0.167. The normalized spacial score (nSPS) is 12.2. The van der Waals surface area contributed by atoms with Crippen LogP contribution in [0.15, 0.2) is 36.5 Å². The first-order valence-electron chi connectivity index (χ1n) is 31.0. The molecule has 0 bridgehead atoms. The van der Waals surface area contributed by atoms with Gasteiger partial charge in [-0.1, -0.05) is 295 Å². The van der Waals surface area contributed by atoms with E-state index in [0.717, 1.165) is 70.6 Å². The highest BCUT2D eigenvalue weighted by molar-refractivity contribution is 5.71. The van der Waals surface area contributed by atoms with Crippen LogP contribution in [0.3, 0.4) is 0 Å². The van der Waals surface area contributed by atoms with Crippen LogP contribution in [0, 0.1) is 0 Å². The molecular weight excluding hydrogens is 865 g/mol. The summed E-state index contributed by atoms with van der Waals surface area (Å²) in [5.41, 5.74) is 0. The summed E-state index contributed by atoms with van der Waals surface area (Å²) in [7, 11) is 0. The smallest absolute Gasteiger partial charge is 0.306 e. The minimum absolute atomic E-state index is 0.0664. The van der Waals surface area contributed by atoms with Crippen LogP contribution >= 0.6 is 0 Å². The highest BCUT2D eigenvalue weighted by Crippen LogP contribution is 2.17. The van der Waals surface area contributed by atoms with Gasteiger partial charge in [0.25, 0.3) is 0 Å². The van der Waals surface area contributed by atoms with E-state index in [-0.39, 0.29) is 31.1 Å². The molecule has 0 aromatic heterocycles. The molecule has 0 aliphatic rings. The molecule has 0 saturated heterocycles. The van der Waals surface area contributed by atoms with Gasteiger partial charge in [-0.3, -0.25) is 14.4 Å². The topological polar surface area (TPSA) is 78.9 Å². The fraction of sp³-hybridized carbons (Fsp3) is 0.859. The van der Waals surface area contributed by atoms with Crippen molar-refractivity contribution >= 4 is 17.9 Å². The average molecular weight is 984 g/mol. The van der Waals surface area contributed by atoms with Crippen molar-refractivity contribution in [2.45, 2.75) is 341 Å². The fourth-order valence-corrected chi connectivity index (χ4v) is 9.22. The fourth-order valence-electron chi connectivity index (χ4n) is 9.22. The summed E-state index contributed by atoms with van der Waals surface area (Å²) in [6, 6.07) is 0. The first-order valence-corrected chi connectivity index (χ1v) is 31.0. The van der Waals surface area contributed by atoms with Crippen LogP contribution in [-0.2, 0) is 28.6 Å². The molecule has 0 rings (SSSR count). The number of ether oxygens (including phenoxy) is 3. The summed E-state index contributed by atoms with van der Waals surface area (Å²) in [6.45, 7) is 6.61. The number of rotatable bonds is 57. The Morgan fingerprint density at radius 1 is 0.286 bits per heavy atom. The molecule has 0 aliphatic heterocycles. The van der Waals surface area contributed by atoms with Crippen LogP contribution in [0.4, 0.5) is 0 Å². The molecule has 0 fully saturated rings. The SMILES string of the molecule is CCCCCCC/C=C\C/C=C\C/C=C\CCCCCCCCCCCCCCCCCCCCC(=O)OCC(COC(=O)CCCCCCCC)OC(=O)CCCCCCCCCCCCCCC. The minimum Gasteiger partial charge on any atom is -0.462 e. The maximum Gasteiger partial charge on any atom is 0.306 e. The van der Waals surface area contributed by atoms with Crippen LogP contribution < -0.4 is 0 Å². The number of hydrogen-bond acceptors (Lipinski definition) is 6. The third-order valence-electron chi connectivity index (χ3n) is 13.9. The van der Waals surface area contributed by atoms with Gasteiger partial charge in [-0.05, 0) is 57.8 Å². The Labute approximate surface area is 435 Å². The predicted molar refractivity (Wildman–Crippen MR) is 302 cm³/mol. The maximum absolute atomic E-state index is 12.8. The number of hydrogen-bond donors (Lipinski definition) is 0. The molecule has 410 valence electrons. The summed E-state index contributed by atoms with van der Waals surface area (Å²) in [5, 5.41) is 0. The Kier molecular flexibility index (Phi) is 57.2. The lowest BCUT2D eigenvalue weighted by Crippen LogP contribution is -2.30. The molecule has 70 heavy (non-hydrogen) atoms. The number of allylic oxidation sites excluding steroid dienone is 6. The zero-order chi connectivity index (χ0) is 50.7. The van der Waals surface area contributed by atoms with Gasteiger partial charge in [0.1, 0.15) is 13.2 Å². The van der Waals surface area contributed by atoms with Crippen molar-refractivity contribution in [3.05, 3.63) is 36.5 Å². The summed E-state index contributed by atoms with van der Waals surface area (Å²) in [6.07, 6.45) is 72.0. The van der Waals surface area contributed by atoms with E-state index >= 15 is 0 Å². The van der Waals surface area contributed by atoms with Crippen molar-refractivity contribution in [1.29, 1.82) is 0 Å². The molecule has 0 heterocycles. The van der Waals surface area contributed by atoms with Crippen molar-refractivity contribution in [3.8, 4) is 0 Å². The van der Waals surface area contributed by atoms with Gasteiger partial charge in [0, 0.05) is 19.3 Å². The standard InChI is InChI=1S/C64H118O6/c1-4-7-10-13-16-18-20-22-23-24-25-26-27-28-29-30-31-32-33-34-35-36-37-38-39-40-41-43-44-46-48-51-54-57-63(66)69-60-61(59-68-62(65)56-53-50-15-12-9-6-3)70-64(67)58-55-52-49-47-45-42-21-19-17-14-11-8-5-2/h20,22,24-25,27-28,61H,4-19,21,23,26,29-60H2,1-3H3/b22-20-,25-24-,28-27-. The monoisotopic (exact) mass is 983 g/mol. The highest BCUT2D eigenvalue weighted by atomic mass is 16.6. The van der Waals surface area contributed by atoms with Crippen LogP contribution in [0.25, 0.3) is 0 Å². The van der Waals surface area contributed by atoms with E-state index < -0.39 is 6.10 Å². The molecule has 0 amide bonds. The zero-order valence-electron chi connectivity index (χ0n) is 47.1. The predicted octanol–water partition coefficient (Wildman–Crippen LogP) is 20.8. The highest BCUT2D eigenvalue weighted by Gasteiger charge is 2.19. The zero-order valence-corrected chi connectivity index (χ0v) is 47.1. The summed E-state index contributed by atoms with van der Waals surface area (Å²) in [4.78, 5) is 37.8. The Morgan fingerprint density at radius 2 is 0.514 bits per heavy atom. The van der Waals surface area contributed by atoms with Gasteiger partial charge in [-0.15, -0.1) is 0 Å². The Morgan fingerprint density at radius 3 is 0.800 bits per heavy atom. The van der Waals surface area contributed by atoms with E-state index in [4.69, 9.17) is 14.2 Å². The Hall–Kier alpha value is -2.37. The van der Waals surface area contributed by atoms with Gasteiger partial charge >= 0.3 is 17.9 Å². The Balaban J connectivity index is 3.91. The van der Waals surface area contributed by atoms with Crippen LogP contribution in [0.5, 0.6) is 0 Å². The number of carbonyl (C=O) groups is 3. The number of esters is 3. The van der Waals surface area contributed by atoms with E-state index in [0.29, 0.717) is 19.3 Å². The third kappa shape index (κ3) is 56.5. The second-order valence-electron chi connectivity index (χ2n) is 21.0. The van der Waals surface area contributed by atoms with Gasteiger partial charge in [0.15, 0.2) is 6.10 Å². The molecule has 6 nitrogen and oxygen atoms in total. The molecule has 0 aromatic carbocycles. The van der Waals surface area contributed by atoms with Crippen molar-refractivity contribution in [2.24, 2.45) is 0 Å². The van der Waals surface area contributed by atoms with Crippen molar-refractivity contribution in [1.82, 2.24) is 0 Å². The summed E-state index contributed by atoms with van der Waals surface area (Å²) < 4.78 is 16.8. The molecule has 0 saturated carbocycles. The van der Waals surface area contributed by atoms with E-state index in [2.05, 4.69) is 57.2 Å². The summed E-state index contributed by atoms with van der Waals surface area (Å²) in [5.74, 6) is -0.858. The maximum atomic E-state index is 12.8. The number of carbonyl (C=O) groups excluding carboxylic acids is 3. The van der Waals surface area contributed by atoms with E-state index in [1.165, 1.54) is 225 Å². The molecule has 0 spiro atoms. The van der Waals surface area contributed by atoms with Crippen molar-refractivity contribution in [2.75, 3.05) is 13.2 Å². The lowest BCUT2D eigenvalue weighted by atomic mass is 10.0. The van der Waals surface area contributed by atoms with Crippen LogP contribution in [0.1, 0.15) is 335 Å². The molecule has 0 N–H and O–H groups in total. The first-order chi connectivity index (χ1) is 34.5. The van der Waals surface area contributed by atoms with Crippen molar-refractivity contribution < 1.29 is 28.6 Å². The number of unbranched alkanes of at least 4 members (excludes halogenated alkanes) is 40. The van der Waals surface area contributed by atoms with E-state index in [1.54, 1.807) is 0 Å². The molecule has 1 unspecified atom stereocenters. The van der Waals surface area contributed by atoms with Crippen LogP contribution in [0.2, 0.25) is 0 Å². The van der Waals surface area contributed by atoms with Crippen LogP contribution in [-0.4, -0.2) is 37.2 Å². The quantitative estimate of drug-likeness (QED) is 0.0261. The second-order valence-corrected chi connectivity index (χ2v) is 21.0. The Bertz CT molecular complexity index is 1170. The average Bonchev–Trinajstić information content (AvgIpc) is 3.36. The van der Waals surface area contributed by atoms with Gasteiger partial charge in [0.05, 0.1) is 0 Å².